The van der Waals surface area contributed by atoms with Gasteiger partial charge in [-0.1, -0.05) is 0 Å². The third-order valence-corrected chi connectivity index (χ3v) is 4.80. The highest BCUT2D eigenvalue weighted by Crippen LogP contribution is 2.40. The van der Waals surface area contributed by atoms with E-state index in [0.29, 0.717) is 6.04 Å². The molecule has 0 aliphatic carbocycles. The summed E-state index contributed by atoms with van der Waals surface area (Å²) < 4.78 is 6.24. The summed E-state index contributed by atoms with van der Waals surface area (Å²) in [6.07, 6.45) is 3.53. The Morgan fingerprint density at radius 1 is 1.05 bits per heavy atom. The summed E-state index contributed by atoms with van der Waals surface area (Å²) in [6, 6.07) is 0.559. The van der Waals surface area contributed by atoms with Gasteiger partial charge in [0.1, 0.15) is 0 Å². The summed E-state index contributed by atoms with van der Waals surface area (Å²) in [7, 11) is 0. The Kier molecular flexibility index (Phi) is 5.11. The van der Waals surface area contributed by atoms with Gasteiger partial charge in [0.25, 0.3) is 0 Å². The number of nitrogens with zero attached hydrogens (tertiary/aromatic N) is 2. The molecule has 118 valence electrons. The van der Waals surface area contributed by atoms with Crippen LogP contribution in [0.4, 0.5) is 0 Å². The lowest BCUT2D eigenvalue weighted by atomic mass is 9.92. The van der Waals surface area contributed by atoms with E-state index in [-0.39, 0.29) is 11.2 Å². The highest BCUT2D eigenvalue weighted by molar-refractivity contribution is 5.00. The number of piperazine rings is 1. The molecule has 2 rings (SSSR count). The smallest absolute Gasteiger partial charge is 0.0789 e. The number of ether oxygens (including phenoxy) is 1. The van der Waals surface area contributed by atoms with Crippen molar-refractivity contribution < 1.29 is 4.74 Å². The summed E-state index contributed by atoms with van der Waals surface area (Å²) in [4.78, 5) is 5.23. The summed E-state index contributed by atoms with van der Waals surface area (Å²) in [6.45, 7) is 15.7. The van der Waals surface area contributed by atoms with Crippen LogP contribution in [0.2, 0.25) is 0 Å². The first-order valence-corrected chi connectivity index (χ1v) is 8.21. The summed E-state index contributed by atoms with van der Waals surface area (Å²) >= 11 is 0. The molecule has 2 N–H and O–H groups in total. The molecule has 4 heteroatoms. The van der Waals surface area contributed by atoms with Crippen LogP contribution in [0.25, 0.3) is 0 Å². The van der Waals surface area contributed by atoms with Crippen molar-refractivity contribution in [1.82, 2.24) is 9.80 Å². The second-order valence-corrected chi connectivity index (χ2v) is 7.56. The molecule has 1 atom stereocenters. The van der Waals surface area contributed by atoms with Gasteiger partial charge < -0.3 is 15.4 Å². The maximum Gasteiger partial charge on any atom is 0.0789 e. The average molecular weight is 283 g/mol. The van der Waals surface area contributed by atoms with Gasteiger partial charge >= 0.3 is 0 Å². The zero-order valence-corrected chi connectivity index (χ0v) is 13.8. The highest BCUT2D eigenvalue weighted by atomic mass is 16.5. The Labute approximate surface area is 124 Å². The second kappa shape index (κ2) is 6.30. The molecule has 1 unspecified atom stereocenters. The van der Waals surface area contributed by atoms with Crippen LogP contribution in [0.5, 0.6) is 0 Å². The maximum atomic E-state index is 6.24. The van der Waals surface area contributed by atoms with E-state index in [1.807, 2.05) is 0 Å². The Morgan fingerprint density at radius 3 is 2.20 bits per heavy atom. The van der Waals surface area contributed by atoms with Crippen molar-refractivity contribution in [3.63, 3.8) is 0 Å². The van der Waals surface area contributed by atoms with Gasteiger partial charge in [-0.05, 0) is 60.0 Å². The van der Waals surface area contributed by atoms with Gasteiger partial charge in [0.05, 0.1) is 11.2 Å². The maximum absolute atomic E-state index is 6.24. The molecule has 0 amide bonds. The number of unbranched alkanes of at least 4 members (excludes halogenated alkanes) is 1. The van der Waals surface area contributed by atoms with Crippen molar-refractivity contribution in [3.8, 4) is 0 Å². The van der Waals surface area contributed by atoms with Gasteiger partial charge in [-0.3, -0.25) is 4.90 Å². The number of nitrogens with two attached hydrogens (primary N) is 1. The van der Waals surface area contributed by atoms with E-state index in [2.05, 4.69) is 37.5 Å². The SMILES string of the molecule is CC1(C)CC(N2CCN(CCCCN)CC2)C(C)(C)O1. The zero-order chi connectivity index (χ0) is 14.8. The number of hydrogen-bond donors (Lipinski definition) is 1. The third kappa shape index (κ3) is 3.94. The minimum Gasteiger partial charge on any atom is -0.368 e. The van der Waals surface area contributed by atoms with Crippen LogP contribution in [0.3, 0.4) is 0 Å². The van der Waals surface area contributed by atoms with Gasteiger partial charge in [-0.25, -0.2) is 0 Å². The predicted molar refractivity (Wildman–Crippen MR) is 83.9 cm³/mol. The molecule has 0 radical (unpaired) electrons. The lowest BCUT2D eigenvalue weighted by molar-refractivity contribution is -0.0835. The van der Waals surface area contributed by atoms with Crippen LogP contribution in [-0.2, 0) is 4.74 Å². The van der Waals surface area contributed by atoms with Crippen LogP contribution >= 0.6 is 0 Å². The van der Waals surface area contributed by atoms with Crippen molar-refractivity contribution in [2.75, 3.05) is 39.3 Å². The molecule has 0 bridgehead atoms. The van der Waals surface area contributed by atoms with E-state index in [1.54, 1.807) is 0 Å². The lowest BCUT2D eigenvalue weighted by Crippen LogP contribution is -2.55. The summed E-state index contributed by atoms with van der Waals surface area (Å²) in [5.41, 5.74) is 5.56. The van der Waals surface area contributed by atoms with E-state index >= 15 is 0 Å². The minimum absolute atomic E-state index is 0.0203. The molecule has 2 heterocycles. The first-order valence-electron chi connectivity index (χ1n) is 8.21. The molecule has 2 saturated heterocycles. The topological polar surface area (TPSA) is 41.7 Å². The number of hydrogen-bond acceptors (Lipinski definition) is 4. The van der Waals surface area contributed by atoms with E-state index in [9.17, 15) is 0 Å². The molecule has 4 nitrogen and oxygen atoms in total. The van der Waals surface area contributed by atoms with Crippen molar-refractivity contribution in [3.05, 3.63) is 0 Å². The van der Waals surface area contributed by atoms with Crippen molar-refractivity contribution in [2.24, 2.45) is 5.73 Å². The Bertz CT molecular complexity index is 309. The number of rotatable bonds is 5. The lowest BCUT2D eigenvalue weighted by Gasteiger charge is -2.41. The van der Waals surface area contributed by atoms with Gasteiger partial charge in [-0.15, -0.1) is 0 Å². The molecule has 0 aromatic carbocycles. The Hall–Kier alpha value is -0.160. The molecule has 2 aliphatic heterocycles. The molecular weight excluding hydrogens is 250 g/mol. The van der Waals surface area contributed by atoms with Crippen LogP contribution in [-0.4, -0.2) is 66.3 Å². The van der Waals surface area contributed by atoms with Crippen LogP contribution in [0, 0.1) is 0 Å². The molecule has 0 aromatic heterocycles. The van der Waals surface area contributed by atoms with Crippen molar-refractivity contribution in [1.29, 1.82) is 0 Å². The van der Waals surface area contributed by atoms with Crippen molar-refractivity contribution in [2.45, 2.75) is 64.2 Å². The highest BCUT2D eigenvalue weighted by Gasteiger charge is 2.48. The fourth-order valence-corrected chi connectivity index (χ4v) is 3.88. The van der Waals surface area contributed by atoms with Gasteiger partial charge in [0.2, 0.25) is 0 Å². The monoisotopic (exact) mass is 283 g/mol. The van der Waals surface area contributed by atoms with Crippen LogP contribution < -0.4 is 5.73 Å². The fraction of sp³-hybridized carbons (Fsp3) is 1.00. The van der Waals surface area contributed by atoms with Crippen molar-refractivity contribution >= 4 is 0 Å². The minimum atomic E-state index is -0.0226. The van der Waals surface area contributed by atoms with Gasteiger partial charge in [0, 0.05) is 32.2 Å². The molecule has 20 heavy (non-hydrogen) atoms. The molecule has 0 spiro atoms. The van der Waals surface area contributed by atoms with E-state index in [0.717, 1.165) is 19.4 Å². The molecule has 2 aliphatic rings. The van der Waals surface area contributed by atoms with Crippen LogP contribution in [0.1, 0.15) is 47.0 Å². The standard InChI is InChI=1S/C16H33N3O/c1-15(2)13-14(16(3,4)20-15)19-11-9-18(10-12-19)8-6-5-7-17/h14H,5-13,17H2,1-4H3. The third-order valence-electron chi connectivity index (χ3n) is 4.80. The van der Waals surface area contributed by atoms with Crippen LogP contribution in [0.15, 0.2) is 0 Å². The van der Waals surface area contributed by atoms with E-state index in [4.69, 9.17) is 10.5 Å². The summed E-state index contributed by atoms with van der Waals surface area (Å²) in [5.74, 6) is 0. The quantitative estimate of drug-likeness (QED) is 0.780. The Balaban J connectivity index is 1.82. The van der Waals surface area contributed by atoms with E-state index in [1.165, 1.54) is 39.1 Å². The normalized spacial score (nSPS) is 30.8. The molecule has 2 fully saturated rings. The van der Waals surface area contributed by atoms with Gasteiger partial charge in [-0.2, -0.15) is 0 Å². The molecule has 0 aromatic rings. The fourth-order valence-electron chi connectivity index (χ4n) is 3.88. The van der Waals surface area contributed by atoms with E-state index < -0.39 is 0 Å². The second-order valence-electron chi connectivity index (χ2n) is 7.56. The Morgan fingerprint density at radius 2 is 1.70 bits per heavy atom. The zero-order valence-electron chi connectivity index (χ0n) is 13.8. The molecule has 0 saturated carbocycles. The summed E-state index contributed by atoms with van der Waals surface area (Å²) in [5, 5.41) is 0. The average Bonchev–Trinajstić information content (AvgIpc) is 2.59. The van der Waals surface area contributed by atoms with Gasteiger partial charge in [0.15, 0.2) is 0 Å². The first-order chi connectivity index (χ1) is 9.34. The largest absolute Gasteiger partial charge is 0.368 e. The molecular formula is C16H33N3O. The first kappa shape index (κ1) is 16.2. The predicted octanol–water partition coefficient (Wildman–Crippen LogP) is 1.69.